The highest BCUT2D eigenvalue weighted by atomic mass is 35.5. The van der Waals surface area contributed by atoms with Crippen molar-refractivity contribution >= 4 is 11.6 Å². The summed E-state index contributed by atoms with van der Waals surface area (Å²) >= 11 is 5.60. The van der Waals surface area contributed by atoms with E-state index >= 15 is 0 Å². The molecule has 0 radical (unpaired) electrons. The fraction of sp³-hybridized carbons (Fsp3) is 1.00. The van der Waals surface area contributed by atoms with Crippen LogP contribution < -0.4 is 0 Å². The van der Waals surface area contributed by atoms with Crippen molar-refractivity contribution in [2.45, 2.75) is 39.2 Å². The molecule has 1 nitrogen and oxygen atoms in total. The fourth-order valence-electron chi connectivity index (χ4n) is 1.57. The molecule has 1 aliphatic heterocycles. The summed E-state index contributed by atoms with van der Waals surface area (Å²) < 4.78 is 5.61. The Bertz CT molecular complexity index is 123. The molecule has 0 bridgehead atoms. The van der Waals surface area contributed by atoms with Crippen LogP contribution in [0.1, 0.15) is 33.1 Å². The predicted molar refractivity (Wildman–Crippen MR) is 48.1 cm³/mol. The number of alkyl halides is 1. The smallest absolute Gasteiger partial charge is 0.0581 e. The molecule has 0 aliphatic carbocycles. The van der Waals surface area contributed by atoms with Gasteiger partial charge in [0.05, 0.1) is 12.7 Å². The van der Waals surface area contributed by atoms with Crippen LogP contribution in [0.15, 0.2) is 0 Å². The van der Waals surface area contributed by atoms with Gasteiger partial charge in [-0.2, -0.15) is 0 Å². The van der Waals surface area contributed by atoms with Crippen molar-refractivity contribution in [3.05, 3.63) is 0 Å². The quantitative estimate of drug-likeness (QED) is 0.601. The number of hydrogen-bond acceptors (Lipinski definition) is 1. The van der Waals surface area contributed by atoms with Crippen molar-refractivity contribution < 1.29 is 4.74 Å². The summed E-state index contributed by atoms with van der Waals surface area (Å²) in [6.45, 7) is 5.43. The van der Waals surface area contributed by atoms with E-state index in [1.54, 1.807) is 0 Å². The third-order valence-corrected chi connectivity index (χ3v) is 2.42. The van der Waals surface area contributed by atoms with Crippen LogP contribution in [0, 0.1) is 5.41 Å². The Morgan fingerprint density at radius 1 is 1.55 bits per heavy atom. The van der Waals surface area contributed by atoms with E-state index in [-0.39, 0.29) is 0 Å². The molecule has 1 aliphatic rings. The molecule has 1 unspecified atom stereocenters. The van der Waals surface area contributed by atoms with E-state index in [1.165, 1.54) is 6.42 Å². The highest BCUT2D eigenvalue weighted by molar-refractivity contribution is 6.17. The van der Waals surface area contributed by atoms with Gasteiger partial charge in [0.1, 0.15) is 0 Å². The first-order valence-electron chi connectivity index (χ1n) is 4.32. The molecule has 1 heterocycles. The Morgan fingerprint density at radius 2 is 2.27 bits per heavy atom. The maximum absolute atomic E-state index is 5.61. The topological polar surface area (TPSA) is 9.23 Å². The van der Waals surface area contributed by atoms with Crippen LogP contribution in [0.4, 0.5) is 0 Å². The Kier molecular flexibility index (Phi) is 3.20. The van der Waals surface area contributed by atoms with Gasteiger partial charge in [-0.3, -0.25) is 0 Å². The van der Waals surface area contributed by atoms with E-state index in [4.69, 9.17) is 16.3 Å². The molecule has 2 heteroatoms. The lowest BCUT2D eigenvalue weighted by Crippen LogP contribution is -2.10. The molecule has 0 N–H and O–H groups in total. The van der Waals surface area contributed by atoms with E-state index in [1.807, 2.05) is 0 Å². The molecule has 0 aromatic carbocycles. The molecule has 1 atom stereocenters. The highest BCUT2D eigenvalue weighted by Gasteiger charge is 2.31. The van der Waals surface area contributed by atoms with Gasteiger partial charge in [0, 0.05) is 5.88 Å². The third-order valence-electron chi connectivity index (χ3n) is 2.15. The Labute approximate surface area is 74.1 Å². The molecule has 0 aromatic rings. The minimum atomic E-state index is 0.400. The first-order chi connectivity index (χ1) is 5.14. The Balaban J connectivity index is 2.20. The molecule has 1 rings (SSSR count). The third kappa shape index (κ3) is 3.00. The van der Waals surface area contributed by atoms with Crippen LogP contribution in [-0.4, -0.2) is 18.6 Å². The van der Waals surface area contributed by atoms with Gasteiger partial charge in [0.2, 0.25) is 0 Å². The van der Waals surface area contributed by atoms with Gasteiger partial charge in [0.25, 0.3) is 0 Å². The second-order valence-corrected chi connectivity index (χ2v) is 4.51. The zero-order valence-electron chi connectivity index (χ0n) is 7.40. The summed E-state index contributed by atoms with van der Waals surface area (Å²) in [7, 11) is 0. The minimum absolute atomic E-state index is 0.400. The molecule has 1 fully saturated rings. The monoisotopic (exact) mass is 176 g/mol. The van der Waals surface area contributed by atoms with Crippen LogP contribution in [0.5, 0.6) is 0 Å². The molecule has 1 saturated heterocycles. The van der Waals surface area contributed by atoms with Gasteiger partial charge in [0.15, 0.2) is 0 Å². The normalized spacial score (nSPS) is 29.2. The van der Waals surface area contributed by atoms with Crippen LogP contribution >= 0.6 is 11.6 Å². The standard InChI is InChI=1S/C9H17ClO/c1-9(2)6-8(11-7-9)4-3-5-10/h8H,3-7H2,1-2H3. The maximum atomic E-state index is 5.61. The van der Waals surface area contributed by atoms with Crippen molar-refractivity contribution in [1.82, 2.24) is 0 Å². The lowest BCUT2D eigenvalue weighted by molar-refractivity contribution is 0.0935. The molecule has 0 saturated carbocycles. The van der Waals surface area contributed by atoms with Crippen molar-refractivity contribution in [3.8, 4) is 0 Å². The summed E-state index contributed by atoms with van der Waals surface area (Å²) in [4.78, 5) is 0. The Hall–Kier alpha value is 0.250. The van der Waals surface area contributed by atoms with Crippen LogP contribution in [0.3, 0.4) is 0 Å². The molecule has 0 aromatic heterocycles. The number of halogens is 1. The molecule has 66 valence electrons. The van der Waals surface area contributed by atoms with Gasteiger partial charge in [-0.25, -0.2) is 0 Å². The van der Waals surface area contributed by atoms with Crippen LogP contribution in [-0.2, 0) is 4.74 Å². The first kappa shape index (κ1) is 9.34. The van der Waals surface area contributed by atoms with Crippen molar-refractivity contribution in [2.75, 3.05) is 12.5 Å². The summed E-state index contributed by atoms with van der Waals surface area (Å²) in [5.74, 6) is 0.764. The predicted octanol–water partition coefficient (Wildman–Crippen LogP) is 2.82. The lowest BCUT2D eigenvalue weighted by Gasteiger charge is -2.13. The van der Waals surface area contributed by atoms with Gasteiger partial charge >= 0.3 is 0 Å². The minimum Gasteiger partial charge on any atom is -0.378 e. The summed E-state index contributed by atoms with van der Waals surface area (Å²) in [6.07, 6.45) is 3.89. The molecule has 0 spiro atoms. The average molecular weight is 177 g/mol. The van der Waals surface area contributed by atoms with E-state index < -0.39 is 0 Å². The zero-order valence-corrected chi connectivity index (χ0v) is 8.16. The number of rotatable bonds is 3. The van der Waals surface area contributed by atoms with Crippen molar-refractivity contribution in [2.24, 2.45) is 5.41 Å². The molecule has 11 heavy (non-hydrogen) atoms. The van der Waals surface area contributed by atoms with Gasteiger partial charge in [-0.05, 0) is 24.7 Å². The van der Waals surface area contributed by atoms with Crippen LogP contribution in [0.25, 0.3) is 0 Å². The number of hydrogen-bond donors (Lipinski definition) is 0. The summed E-state index contributed by atoms with van der Waals surface area (Å²) in [6, 6.07) is 0. The second kappa shape index (κ2) is 3.77. The fourth-order valence-corrected chi connectivity index (χ4v) is 1.72. The van der Waals surface area contributed by atoms with Crippen molar-refractivity contribution in [1.29, 1.82) is 0 Å². The average Bonchev–Trinajstić information content (AvgIpc) is 2.26. The van der Waals surface area contributed by atoms with Gasteiger partial charge < -0.3 is 4.74 Å². The van der Waals surface area contributed by atoms with E-state index in [0.717, 1.165) is 25.3 Å². The maximum Gasteiger partial charge on any atom is 0.0581 e. The molecular weight excluding hydrogens is 160 g/mol. The van der Waals surface area contributed by atoms with Crippen LogP contribution in [0.2, 0.25) is 0 Å². The first-order valence-corrected chi connectivity index (χ1v) is 4.85. The van der Waals surface area contributed by atoms with E-state index in [0.29, 0.717) is 11.5 Å². The molecular formula is C9H17ClO. The largest absolute Gasteiger partial charge is 0.378 e. The summed E-state index contributed by atoms with van der Waals surface area (Å²) in [5, 5.41) is 0. The van der Waals surface area contributed by atoms with E-state index in [9.17, 15) is 0 Å². The van der Waals surface area contributed by atoms with Gasteiger partial charge in [-0.1, -0.05) is 13.8 Å². The van der Waals surface area contributed by atoms with E-state index in [2.05, 4.69) is 13.8 Å². The number of ether oxygens (including phenoxy) is 1. The zero-order chi connectivity index (χ0) is 8.32. The lowest BCUT2D eigenvalue weighted by atomic mass is 9.90. The Morgan fingerprint density at radius 3 is 2.73 bits per heavy atom. The highest BCUT2D eigenvalue weighted by Crippen LogP contribution is 2.33. The second-order valence-electron chi connectivity index (χ2n) is 4.13. The SMILES string of the molecule is CC1(C)COC(CCCCl)C1. The summed E-state index contributed by atoms with van der Waals surface area (Å²) in [5.41, 5.74) is 0.400. The van der Waals surface area contributed by atoms with Gasteiger partial charge in [-0.15, -0.1) is 11.6 Å². The van der Waals surface area contributed by atoms with Crippen molar-refractivity contribution in [3.63, 3.8) is 0 Å². The molecule has 0 amide bonds.